The molecule has 5 nitrogen and oxygen atoms in total. The van der Waals surface area contributed by atoms with E-state index in [9.17, 15) is 4.79 Å². The molecule has 19 heavy (non-hydrogen) atoms. The molecule has 3 rings (SSSR count). The van der Waals surface area contributed by atoms with Crippen LogP contribution in [0.4, 0.5) is 0 Å². The average molecular weight is 273 g/mol. The fourth-order valence-corrected chi connectivity index (χ4v) is 2.15. The molecule has 0 atom stereocenters. The molecule has 0 aliphatic rings. The summed E-state index contributed by atoms with van der Waals surface area (Å²) in [5.74, 6) is -0.599. The van der Waals surface area contributed by atoms with Crippen LogP contribution in [-0.4, -0.2) is 20.3 Å². The maximum absolute atomic E-state index is 11.3. The fraction of sp³-hybridized carbons (Fsp3) is 0. The molecular weight excluding hydrogens is 264 g/mol. The molecule has 1 amide bonds. The molecule has 0 spiro atoms. The average Bonchev–Trinajstić information content (AvgIpc) is 2.82. The molecule has 0 aliphatic carbocycles. The van der Waals surface area contributed by atoms with E-state index >= 15 is 0 Å². The van der Waals surface area contributed by atoms with Crippen LogP contribution in [0, 0.1) is 0 Å². The number of primary amides is 1. The first-order valence-corrected chi connectivity index (χ1v) is 5.92. The molecule has 2 aromatic heterocycles. The zero-order chi connectivity index (χ0) is 13.4. The minimum atomic E-state index is -0.599. The van der Waals surface area contributed by atoms with Crippen molar-refractivity contribution in [3.63, 3.8) is 0 Å². The van der Waals surface area contributed by atoms with Crippen molar-refractivity contribution in [3.8, 4) is 11.3 Å². The molecule has 0 radical (unpaired) electrons. The zero-order valence-corrected chi connectivity index (χ0v) is 10.5. The number of nitrogens with two attached hydrogens (primary N) is 1. The van der Waals surface area contributed by atoms with Gasteiger partial charge in [-0.1, -0.05) is 23.7 Å². The maximum atomic E-state index is 11.3. The van der Waals surface area contributed by atoms with Crippen molar-refractivity contribution in [2.75, 3.05) is 0 Å². The Bertz CT molecular complexity index is 781. The summed E-state index contributed by atoms with van der Waals surface area (Å²) in [6.45, 7) is 0. The van der Waals surface area contributed by atoms with Gasteiger partial charge in [-0.3, -0.25) is 9.20 Å². The minimum Gasteiger partial charge on any atom is -0.364 e. The molecule has 0 aliphatic heterocycles. The summed E-state index contributed by atoms with van der Waals surface area (Å²) in [6, 6.07) is 9.23. The number of hydrogen-bond donors (Lipinski definition) is 1. The van der Waals surface area contributed by atoms with Crippen LogP contribution in [0.15, 0.2) is 42.9 Å². The van der Waals surface area contributed by atoms with Crippen LogP contribution in [-0.2, 0) is 0 Å². The second kappa shape index (κ2) is 4.37. The van der Waals surface area contributed by atoms with Gasteiger partial charge in [0.05, 0.1) is 5.69 Å². The fourth-order valence-electron chi connectivity index (χ4n) is 1.96. The molecule has 1 aromatic carbocycles. The van der Waals surface area contributed by atoms with E-state index in [4.69, 9.17) is 17.3 Å². The van der Waals surface area contributed by atoms with Crippen molar-refractivity contribution in [2.45, 2.75) is 0 Å². The third-order valence-electron chi connectivity index (χ3n) is 2.78. The molecule has 6 heteroatoms. The van der Waals surface area contributed by atoms with Crippen molar-refractivity contribution in [3.05, 3.63) is 53.6 Å². The molecule has 0 fully saturated rings. The Balaban J connectivity index is 2.28. The van der Waals surface area contributed by atoms with Gasteiger partial charge in [0, 0.05) is 16.8 Å². The van der Waals surface area contributed by atoms with Gasteiger partial charge in [0.2, 0.25) is 0 Å². The first-order chi connectivity index (χ1) is 9.16. The smallest absolute Gasteiger partial charge is 0.271 e. The number of fused-ring (bicyclic) bond motifs is 1. The number of nitrogens with zero attached hydrogens (tertiary/aromatic N) is 3. The number of hydrogen-bond acceptors (Lipinski definition) is 3. The van der Waals surface area contributed by atoms with Crippen molar-refractivity contribution in [1.82, 2.24) is 14.4 Å². The lowest BCUT2D eigenvalue weighted by molar-refractivity contribution is 0.0997. The number of carbonyl (C=O) groups is 1. The first-order valence-electron chi connectivity index (χ1n) is 5.54. The molecule has 94 valence electrons. The highest BCUT2D eigenvalue weighted by Gasteiger charge is 2.13. The van der Waals surface area contributed by atoms with E-state index in [0.717, 1.165) is 11.3 Å². The second-order valence-corrected chi connectivity index (χ2v) is 4.43. The largest absolute Gasteiger partial charge is 0.364 e. The van der Waals surface area contributed by atoms with Crippen LogP contribution >= 0.6 is 11.6 Å². The highest BCUT2D eigenvalue weighted by molar-refractivity contribution is 6.30. The Morgan fingerprint density at radius 2 is 2.11 bits per heavy atom. The predicted molar refractivity (Wildman–Crippen MR) is 72.0 cm³/mol. The molecule has 2 heterocycles. The van der Waals surface area contributed by atoms with Crippen LogP contribution in [0.2, 0.25) is 5.02 Å². The topological polar surface area (TPSA) is 73.3 Å². The Hall–Kier alpha value is -2.40. The number of halogens is 1. The van der Waals surface area contributed by atoms with Gasteiger partial charge in [0.15, 0.2) is 11.3 Å². The highest BCUT2D eigenvalue weighted by Crippen LogP contribution is 2.23. The lowest BCUT2D eigenvalue weighted by atomic mass is 10.1. The van der Waals surface area contributed by atoms with E-state index in [1.54, 1.807) is 16.7 Å². The number of carbonyl (C=O) groups excluding carboxylic acids is 1. The summed E-state index contributed by atoms with van der Waals surface area (Å²) in [5.41, 5.74) is 7.60. The summed E-state index contributed by atoms with van der Waals surface area (Å²) in [5, 5.41) is 0.637. The molecule has 2 N–H and O–H groups in total. The Kier molecular flexibility index (Phi) is 2.68. The summed E-state index contributed by atoms with van der Waals surface area (Å²) < 4.78 is 1.71. The zero-order valence-electron chi connectivity index (χ0n) is 9.75. The maximum Gasteiger partial charge on any atom is 0.271 e. The van der Waals surface area contributed by atoms with E-state index in [-0.39, 0.29) is 5.69 Å². The van der Waals surface area contributed by atoms with Gasteiger partial charge in [0.25, 0.3) is 5.91 Å². The van der Waals surface area contributed by atoms with Crippen LogP contribution in [0.1, 0.15) is 10.5 Å². The molecule has 3 aromatic rings. The molecule has 0 saturated carbocycles. The van der Waals surface area contributed by atoms with E-state index in [1.807, 2.05) is 24.3 Å². The number of aromatic nitrogens is 3. The summed E-state index contributed by atoms with van der Waals surface area (Å²) in [6.07, 6.45) is 3.14. The van der Waals surface area contributed by atoms with E-state index in [0.29, 0.717) is 10.7 Å². The Morgan fingerprint density at radius 3 is 2.84 bits per heavy atom. The normalized spacial score (nSPS) is 10.8. The van der Waals surface area contributed by atoms with Gasteiger partial charge in [-0.25, -0.2) is 9.97 Å². The third kappa shape index (κ3) is 1.94. The lowest BCUT2D eigenvalue weighted by Gasteiger charge is -2.05. The molecule has 0 unspecified atom stereocenters. The van der Waals surface area contributed by atoms with Gasteiger partial charge in [-0.05, 0) is 18.2 Å². The monoisotopic (exact) mass is 272 g/mol. The first kappa shape index (κ1) is 11.7. The van der Waals surface area contributed by atoms with E-state index < -0.39 is 5.91 Å². The van der Waals surface area contributed by atoms with Crippen LogP contribution in [0.5, 0.6) is 0 Å². The predicted octanol–water partition coefficient (Wildman–Crippen LogP) is 2.15. The molecule has 0 bridgehead atoms. The third-order valence-corrected chi connectivity index (χ3v) is 3.02. The van der Waals surface area contributed by atoms with E-state index in [1.165, 1.54) is 6.33 Å². The quantitative estimate of drug-likeness (QED) is 0.777. The number of rotatable bonds is 2. The number of imidazole rings is 1. The van der Waals surface area contributed by atoms with Gasteiger partial charge in [0.1, 0.15) is 6.33 Å². The molecular formula is C13H9ClN4O. The number of benzene rings is 1. The van der Waals surface area contributed by atoms with Crippen molar-refractivity contribution >= 4 is 23.2 Å². The lowest BCUT2D eigenvalue weighted by Crippen LogP contribution is -2.12. The minimum absolute atomic E-state index is 0.156. The standard InChI is InChI=1S/C13H9ClN4O/c14-9-3-1-2-8(6-9)10-4-5-16-13-11(12(15)19)17-7-18(10)13/h1-7H,(H2,15,19). The Morgan fingerprint density at radius 1 is 1.26 bits per heavy atom. The van der Waals surface area contributed by atoms with Gasteiger partial charge in [-0.15, -0.1) is 0 Å². The van der Waals surface area contributed by atoms with Crippen LogP contribution in [0.3, 0.4) is 0 Å². The van der Waals surface area contributed by atoms with Crippen LogP contribution < -0.4 is 5.73 Å². The molecule has 0 saturated heterocycles. The Labute approximate surface area is 113 Å². The highest BCUT2D eigenvalue weighted by atomic mass is 35.5. The number of amides is 1. The summed E-state index contributed by atoms with van der Waals surface area (Å²) in [7, 11) is 0. The van der Waals surface area contributed by atoms with Crippen molar-refractivity contribution in [2.24, 2.45) is 5.73 Å². The SMILES string of the molecule is NC(=O)c1ncn2c(-c3cccc(Cl)c3)ccnc12. The van der Waals surface area contributed by atoms with Crippen molar-refractivity contribution in [1.29, 1.82) is 0 Å². The second-order valence-electron chi connectivity index (χ2n) is 3.99. The van der Waals surface area contributed by atoms with E-state index in [2.05, 4.69) is 9.97 Å². The van der Waals surface area contributed by atoms with Gasteiger partial charge in [-0.2, -0.15) is 0 Å². The van der Waals surface area contributed by atoms with Crippen molar-refractivity contribution < 1.29 is 4.79 Å². The summed E-state index contributed by atoms with van der Waals surface area (Å²) in [4.78, 5) is 19.4. The van der Waals surface area contributed by atoms with Gasteiger partial charge >= 0.3 is 0 Å². The summed E-state index contributed by atoms with van der Waals surface area (Å²) >= 11 is 5.99. The van der Waals surface area contributed by atoms with Gasteiger partial charge < -0.3 is 5.73 Å². The van der Waals surface area contributed by atoms with Crippen LogP contribution in [0.25, 0.3) is 16.9 Å².